The molecule has 0 atom stereocenters. The van der Waals surface area contributed by atoms with Gasteiger partial charge in [-0.1, -0.05) is 26.0 Å². The molecule has 0 aromatic heterocycles. The van der Waals surface area contributed by atoms with Crippen LogP contribution in [-0.4, -0.2) is 13.1 Å². The molecule has 1 saturated heterocycles. The van der Waals surface area contributed by atoms with Crippen LogP contribution in [0.2, 0.25) is 0 Å². The van der Waals surface area contributed by atoms with Crippen LogP contribution < -0.4 is 5.32 Å². The molecule has 0 aliphatic carbocycles. The average Bonchev–Trinajstić information content (AvgIpc) is 2.23. The Morgan fingerprint density at radius 3 is 2.38 bits per heavy atom. The Morgan fingerprint density at radius 1 is 1.23 bits per heavy atom. The smallest absolute Gasteiger partial charge is 0.00463 e. The van der Waals surface area contributed by atoms with Gasteiger partial charge in [-0.15, -0.1) is 0 Å². The minimum Gasteiger partial charge on any atom is -0.317 e. The summed E-state index contributed by atoms with van der Waals surface area (Å²) in [6, 6.07) is 0. The van der Waals surface area contributed by atoms with E-state index in [-0.39, 0.29) is 0 Å². The van der Waals surface area contributed by atoms with E-state index in [0.717, 1.165) is 5.92 Å². The second kappa shape index (κ2) is 9.79. The number of allylic oxidation sites excluding steroid dienone is 2. The molecule has 1 heteroatoms. The van der Waals surface area contributed by atoms with Gasteiger partial charge in [0.1, 0.15) is 0 Å². The van der Waals surface area contributed by atoms with Gasteiger partial charge in [0, 0.05) is 0 Å². The summed E-state index contributed by atoms with van der Waals surface area (Å²) in [5, 5.41) is 3.39. The van der Waals surface area contributed by atoms with Crippen LogP contribution in [0.1, 0.15) is 46.5 Å². The van der Waals surface area contributed by atoms with E-state index in [1.807, 2.05) is 13.8 Å². The van der Waals surface area contributed by atoms with E-state index in [0.29, 0.717) is 0 Å². The monoisotopic (exact) mass is 183 g/mol. The zero-order chi connectivity index (χ0) is 9.94. The Bertz CT molecular complexity index is 112. The molecule has 1 aliphatic rings. The Morgan fingerprint density at radius 2 is 1.85 bits per heavy atom. The fourth-order valence-electron chi connectivity index (χ4n) is 1.67. The normalized spacial score (nSPS) is 18.4. The minimum absolute atomic E-state index is 0.993. The van der Waals surface area contributed by atoms with Crippen molar-refractivity contribution < 1.29 is 0 Å². The summed E-state index contributed by atoms with van der Waals surface area (Å²) in [6.45, 7) is 8.57. The SMILES string of the molecule is C/C=C/CCC1CCNCC1.CC. The lowest BCUT2D eigenvalue weighted by molar-refractivity contribution is 0.356. The van der Waals surface area contributed by atoms with E-state index in [4.69, 9.17) is 0 Å². The van der Waals surface area contributed by atoms with Crippen LogP contribution in [0.4, 0.5) is 0 Å². The van der Waals surface area contributed by atoms with E-state index in [2.05, 4.69) is 24.4 Å². The molecule has 0 radical (unpaired) electrons. The van der Waals surface area contributed by atoms with Crippen LogP contribution in [0.15, 0.2) is 12.2 Å². The Hall–Kier alpha value is -0.300. The van der Waals surface area contributed by atoms with Crippen molar-refractivity contribution in [1.82, 2.24) is 5.32 Å². The largest absolute Gasteiger partial charge is 0.317 e. The van der Waals surface area contributed by atoms with E-state index >= 15 is 0 Å². The third kappa shape index (κ3) is 6.83. The number of hydrogen-bond donors (Lipinski definition) is 1. The molecule has 1 nitrogen and oxygen atoms in total. The van der Waals surface area contributed by atoms with Gasteiger partial charge in [0.25, 0.3) is 0 Å². The van der Waals surface area contributed by atoms with Gasteiger partial charge in [-0.05, 0) is 51.6 Å². The summed E-state index contributed by atoms with van der Waals surface area (Å²) in [4.78, 5) is 0. The zero-order valence-corrected chi connectivity index (χ0v) is 9.47. The Balaban J connectivity index is 0.000000671. The van der Waals surface area contributed by atoms with Crippen LogP contribution in [-0.2, 0) is 0 Å². The van der Waals surface area contributed by atoms with Gasteiger partial charge >= 0.3 is 0 Å². The lowest BCUT2D eigenvalue weighted by atomic mass is 9.93. The molecule has 0 spiro atoms. The van der Waals surface area contributed by atoms with E-state index < -0.39 is 0 Å². The summed E-state index contributed by atoms with van der Waals surface area (Å²) in [6.07, 6.45) is 9.88. The van der Waals surface area contributed by atoms with Gasteiger partial charge < -0.3 is 5.32 Å². The number of rotatable bonds is 3. The predicted molar refractivity (Wildman–Crippen MR) is 61.0 cm³/mol. The average molecular weight is 183 g/mol. The van der Waals surface area contributed by atoms with Crippen molar-refractivity contribution in [2.45, 2.75) is 46.5 Å². The summed E-state index contributed by atoms with van der Waals surface area (Å²) in [7, 11) is 0. The molecule has 0 aromatic rings. The first-order valence-electron chi connectivity index (χ1n) is 5.75. The van der Waals surface area contributed by atoms with Crippen molar-refractivity contribution in [2.24, 2.45) is 5.92 Å². The molecule has 13 heavy (non-hydrogen) atoms. The van der Waals surface area contributed by atoms with E-state index in [9.17, 15) is 0 Å². The van der Waals surface area contributed by atoms with Gasteiger partial charge in [0.05, 0.1) is 0 Å². The maximum absolute atomic E-state index is 3.39. The summed E-state index contributed by atoms with van der Waals surface area (Å²) in [5.74, 6) is 0.993. The second-order valence-electron chi connectivity index (χ2n) is 3.34. The second-order valence-corrected chi connectivity index (χ2v) is 3.34. The lowest BCUT2D eigenvalue weighted by Gasteiger charge is -2.21. The fraction of sp³-hybridized carbons (Fsp3) is 0.833. The quantitative estimate of drug-likeness (QED) is 0.661. The van der Waals surface area contributed by atoms with Gasteiger partial charge in [-0.25, -0.2) is 0 Å². The molecule has 0 aromatic carbocycles. The highest BCUT2D eigenvalue weighted by atomic mass is 14.9. The van der Waals surface area contributed by atoms with Gasteiger partial charge in [0.2, 0.25) is 0 Å². The lowest BCUT2D eigenvalue weighted by Crippen LogP contribution is -2.27. The maximum atomic E-state index is 3.39. The summed E-state index contributed by atoms with van der Waals surface area (Å²) >= 11 is 0. The molecule has 0 amide bonds. The number of hydrogen-bond acceptors (Lipinski definition) is 1. The molecule has 0 bridgehead atoms. The van der Waals surface area contributed by atoms with Crippen LogP contribution in [0.5, 0.6) is 0 Å². The van der Waals surface area contributed by atoms with Crippen LogP contribution in [0.3, 0.4) is 0 Å². The third-order valence-corrected chi connectivity index (χ3v) is 2.44. The van der Waals surface area contributed by atoms with E-state index in [1.165, 1.54) is 38.8 Å². The standard InChI is InChI=1S/C10H19N.C2H6/c1-2-3-4-5-10-6-8-11-9-7-10;1-2/h2-3,10-11H,4-9H2,1H3;1-2H3/b3-2+;. The first-order chi connectivity index (χ1) is 6.43. The van der Waals surface area contributed by atoms with Crippen molar-refractivity contribution in [3.05, 3.63) is 12.2 Å². The van der Waals surface area contributed by atoms with Crippen molar-refractivity contribution in [3.8, 4) is 0 Å². The van der Waals surface area contributed by atoms with Gasteiger partial charge in [-0.3, -0.25) is 0 Å². The topological polar surface area (TPSA) is 12.0 Å². The highest BCUT2D eigenvalue weighted by Crippen LogP contribution is 2.17. The fourth-order valence-corrected chi connectivity index (χ4v) is 1.67. The van der Waals surface area contributed by atoms with Crippen molar-refractivity contribution in [3.63, 3.8) is 0 Å². The number of piperidine rings is 1. The van der Waals surface area contributed by atoms with Gasteiger partial charge in [-0.2, -0.15) is 0 Å². The molecule has 1 rings (SSSR count). The Labute approximate surface area is 83.6 Å². The highest BCUT2D eigenvalue weighted by molar-refractivity contribution is 4.79. The zero-order valence-electron chi connectivity index (χ0n) is 9.47. The molecular formula is C12H25N. The number of nitrogens with one attached hydrogen (secondary N) is 1. The molecule has 78 valence electrons. The molecule has 0 saturated carbocycles. The molecule has 1 aliphatic heterocycles. The maximum Gasteiger partial charge on any atom is -0.00463 e. The molecule has 1 N–H and O–H groups in total. The van der Waals surface area contributed by atoms with Gasteiger partial charge in [0.15, 0.2) is 0 Å². The highest BCUT2D eigenvalue weighted by Gasteiger charge is 2.10. The van der Waals surface area contributed by atoms with Crippen LogP contribution in [0.25, 0.3) is 0 Å². The first-order valence-corrected chi connectivity index (χ1v) is 5.75. The molecule has 1 fully saturated rings. The van der Waals surface area contributed by atoms with Crippen molar-refractivity contribution >= 4 is 0 Å². The molecule has 0 unspecified atom stereocenters. The Kier molecular flexibility index (Phi) is 9.56. The van der Waals surface area contributed by atoms with Crippen LogP contribution in [0, 0.1) is 5.92 Å². The predicted octanol–water partition coefficient (Wildman–Crippen LogP) is 3.37. The van der Waals surface area contributed by atoms with Crippen molar-refractivity contribution in [1.29, 1.82) is 0 Å². The van der Waals surface area contributed by atoms with E-state index in [1.54, 1.807) is 0 Å². The van der Waals surface area contributed by atoms with Crippen molar-refractivity contribution in [2.75, 3.05) is 13.1 Å². The molecule has 1 heterocycles. The summed E-state index contributed by atoms with van der Waals surface area (Å²) in [5.41, 5.74) is 0. The summed E-state index contributed by atoms with van der Waals surface area (Å²) < 4.78 is 0. The minimum atomic E-state index is 0.993. The third-order valence-electron chi connectivity index (χ3n) is 2.44. The first kappa shape index (κ1) is 12.7. The van der Waals surface area contributed by atoms with Crippen LogP contribution >= 0.6 is 0 Å². The molecular weight excluding hydrogens is 158 g/mol.